The zero-order chi connectivity index (χ0) is 20.1. The highest BCUT2D eigenvalue weighted by Gasteiger charge is 2.21. The first-order chi connectivity index (χ1) is 13.5. The normalized spacial score (nSPS) is 14.6. The van der Waals surface area contributed by atoms with E-state index >= 15 is 0 Å². The van der Waals surface area contributed by atoms with Gasteiger partial charge in [0.25, 0.3) is 5.91 Å². The van der Waals surface area contributed by atoms with E-state index in [0.717, 1.165) is 18.7 Å². The number of rotatable bonds is 5. The first-order valence-electron chi connectivity index (χ1n) is 8.83. The third-order valence-corrected chi connectivity index (χ3v) is 4.48. The van der Waals surface area contributed by atoms with Crippen LogP contribution in [0.4, 0.5) is 20.7 Å². The number of anilines is 2. The van der Waals surface area contributed by atoms with E-state index in [0.29, 0.717) is 31.1 Å². The molecule has 0 unspecified atom stereocenters. The van der Waals surface area contributed by atoms with Crippen LogP contribution in [0.1, 0.15) is 16.1 Å². The maximum Gasteiger partial charge on any atom is 0.317 e. The summed E-state index contributed by atoms with van der Waals surface area (Å²) in [6.07, 6.45) is 1.62. The van der Waals surface area contributed by atoms with E-state index in [9.17, 15) is 14.0 Å². The first kappa shape index (κ1) is 19.5. The quantitative estimate of drug-likeness (QED) is 0.653. The smallest absolute Gasteiger partial charge is 0.317 e. The van der Waals surface area contributed by atoms with Crippen LogP contribution in [0.15, 0.2) is 30.5 Å². The largest absolute Gasteiger partial charge is 0.365 e. The maximum atomic E-state index is 14.3. The number of nitrogens with one attached hydrogen (secondary N) is 2. The van der Waals surface area contributed by atoms with Crippen molar-refractivity contribution in [3.8, 4) is 0 Å². The Morgan fingerprint density at radius 3 is 2.61 bits per heavy atom. The van der Waals surface area contributed by atoms with Gasteiger partial charge in [0.15, 0.2) is 0 Å². The molecule has 0 spiro atoms. The number of amides is 3. The van der Waals surface area contributed by atoms with E-state index in [4.69, 9.17) is 5.73 Å². The summed E-state index contributed by atoms with van der Waals surface area (Å²) in [7, 11) is 1.48. The van der Waals surface area contributed by atoms with Gasteiger partial charge in [-0.05, 0) is 29.8 Å². The number of hydrogen-bond acceptors (Lipinski definition) is 6. The monoisotopic (exact) mass is 387 g/mol. The van der Waals surface area contributed by atoms with E-state index in [1.54, 1.807) is 18.3 Å². The minimum Gasteiger partial charge on any atom is -0.365 e. The minimum absolute atomic E-state index is 0.0560. The molecule has 10 heteroatoms. The van der Waals surface area contributed by atoms with Gasteiger partial charge in [0.1, 0.15) is 11.5 Å². The fraction of sp³-hybridized carbons (Fsp3) is 0.333. The van der Waals surface area contributed by atoms with Crippen molar-refractivity contribution in [1.29, 1.82) is 0 Å². The number of piperazine rings is 1. The van der Waals surface area contributed by atoms with Gasteiger partial charge in [-0.2, -0.15) is 4.39 Å². The highest BCUT2D eigenvalue weighted by atomic mass is 19.1. The van der Waals surface area contributed by atoms with Gasteiger partial charge in [-0.15, -0.1) is 0 Å². The van der Waals surface area contributed by atoms with Crippen LogP contribution in [0.2, 0.25) is 0 Å². The number of halogens is 1. The Bertz CT molecular complexity index is 869. The van der Waals surface area contributed by atoms with Crippen molar-refractivity contribution in [2.75, 3.05) is 43.4 Å². The van der Waals surface area contributed by atoms with Crippen molar-refractivity contribution >= 4 is 23.4 Å². The third kappa shape index (κ3) is 4.71. The van der Waals surface area contributed by atoms with Crippen LogP contribution in [-0.4, -0.2) is 60.0 Å². The number of urea groups is 1. The molecule has 1 fully saturated rings. The molecule has 2 aromatic heterocycles. The van der Waals surface area contributed by atoms with Crippen molar-refractivity contribution in [3.63, 3.8) is 0 Å². The number of primary amides is 1. The molecule has 3 amide bonds. The lowest BCUT2D eigenvalue weighted by molar-refractivity contribution is 0.0957. The highest BCUT2D eigenvalue weighted by molar-refractivity contribution is 5.92. The van der Waals surface area contributed by atoms with E-state index in [1.165, 1.54) is 13.1 Å². The summed E-state index contributed by atoms with van der Waals surface area (Å²) in [4.78, 5) is 34.4. The molecule has 0 atom stereocenters. The molecular formula is C18H22FN7O2. The Kier molecular flexibility index (Phi) is 5.99. The fourth-order valence-electron chi connectivity index (χ4n) is 3.09. The van der Waals surface area contributed by atoms with Crippen molar-refractivity contribution in [1.82, 2.24) is 20.2 Å². The molecule has 0 aromatic carbocycles. The predicted molar refractivity (Wildman–Crippen MR) is 103 cm³/mol. The van der Waals surface area contributed by atoms with Gasteiger partial charge in [-0.25, -0.2) is 14.8 Å². The van der Waals surface area contributed by atoms with Crippen molar-refractivity contribution < 1.29 is 14.0 Å². The van der Waals surface area contributed by atoms with E-state index in [-0.39, 0.29) is 5.69 Å². The Balaban J connectivity index is 1.59. The van der Waals surface area contributed by atoms with Crippen molar-refractivity contribution in [2.45, 2.75) is 6.54 Å². The summed E-state index contributed by atoms with van der Waals surface area (Å²) in [6, 6.07) is 6.11. The summed E-state index contributed by atoms with van der Waals surface area (Å²) in [5.41, 5.74) is 6.56. The highest BCUT2D eigenvalue weighted by Crippen LogP contribution is 2.21. The minimum atomic E-state index is -0.656. The molecule has 1 aliphatic heterocycles. The molecule has 2 aromatic rings. The molecule has 0 radical (unpaired) electrons. The average molecular weight is 387 g/mol. The second-order valence-electron chi connectivity index (χ2n) is 6.39. The predicted octanol–water partition coefficient (Wildman–Crippen LogP) is 0.788. The number of carbonyl (C=O) groups excluding carboxylic acids is 2. The number of nitrogens with zero attached hydrogens (tertiary/aromatic N) is 4. The summed E-state index contributed by atoms with van der Waals surface area (Å²) in [5.74, 6) is -0.656. The Morgan fingerprint density at radius 1 is 1.21 bits per heavy atom. The first-order valence-corrected chi connectivity index (χ1v) is 8.83. The van der Waals surface area contributed by atoms with Gasteiger partial charge in [0.05, 0.1) is 5.69 Å². The molecule has 148 valence electrons. The van der Waals surface area contributed by atoms with E-state index in [2.05, 4.69) is 25.5 Å². The Labute approximate surface area is 161 Å². The van der Waals surface area contributed by atoms with Crippen LogP contribution in [0.5, 0.6) is 0 Å². The number of carbonyl (C=O) groups is 2. The van der Waals surface area contributed by atoms with Crippen molar-refractivity contribution in [3.05, 3.63) is 47.7 Å². The zero-order valence-corrected chi connectivity index (χ0v) is 15.5. The second-order valence-corrected chi connectivity index (χ2v) is 6.39. The van der Waals surface area contributed by atoms with Gasteiger partial charge in [0.2, 0.25) is 5.95 Å². The molecule has 0 saturated carbocycles. The van der Waals surface area contributed by atoms with Crippen LogP contribution in [0.25, 0.3) is 0 Å². The molecule has 1 aliphatic rings. The summed E-state index contributed by atoms with van der Waals surface area (Å²) < 4.78 is 14.3. The molecule has 0 bridgehead atoms. The van der Waals surface area contributed by atoms with Crippen LogP contribution in [0, 0.1) is 5.95 Å². The number of hydrogen-bond donors (Lipinski definition) is 3. The van der Waals surface area contributed by atoms with Crippen LogP contribution in [-0.2, 0) is 6.54 Å². The van der Waals surface area contributed by atoms with Crippen molar-refractivity contribution in [2.24, 2.45) is 5.73 Å². The molecule has 3 heterocycles. The molecular weight excluding hydrogens is 365 g/mol. The molecule has 3 rings (SSSR count). The van der Waals surface area contributed by atoms with E-state index in [1.807, 2.05) is 11.0 Å². The van der Waals surface area contributed by atoms with Gasteiger partial charge >= 0.3 is 6.03 Å². The third-order valence-electron chi connectivity index (χ3n) is 4.48. The molecule has 9 nitrogen and oxygen atoms in total. The Hall–Kier alpha value is -3.27. The number of pyridine rings is 2. The molecule has 1 saturated heterocycles. The number of nitrogens with two attached hydrogens (primary N) is 1. The summed E-state index contributed by atoms with van der Waals surface area (Å²) >= 11 is 0. The lowest BCUT2D eigenvalue weighted by atomic mass is 10.2. The van der Waals surface area contributed by atoms with Crippen LogP contribution >= 0.6 is 0 Å². The SMILES string of the molecule is CNC(=O)c1ccc(N2CCN(Cc3ccnc(NC(N)=O)c3)CC2)c(F)n1. The Morgan fingerprint density at radius 2 is 1.96 bits per heavy atom. The second kappa shape index (κ2) is 8.61. The molecule has 0 aliphatic carbocycles. The topological polar surface area (TPSA) is 116 Å². The lowest BCUT2D eigenvalue weighted by Gasteiger charge is -2.36. The van der Waals surface area contributed by atoms with E-state index < -0.39 is 17.9 Å². The van der Waals surface area contributed by atoms with Crippen LogP contribution in [0.3, 0.4) is 0 Å². The van der Waals surface area contributed by atoms with Gasteiger partial charge < -0.3 is 16.0 Å². The number of aromatic nitrogens is 2. The maximum absolute atomic E-state index is 14.3. The summed E-state index contributed by atoms with van der Waals surface area (Å²) in [6.45, 7) is 3.42. The van der Waals surface area contributed by atoms with Gasteiger partial charge in [-0.3, -0.25) is 15.0 Å². The van der Waals surface area contributed by atoms with Crippen LogP contribution < -0.4 is 21.3 Å². The average Bonchev–Trinajstić information content (AvgIpc) is 2.68. The molecule has 28 heavy (non-hydrogen) atoms. The fourth-order valence-corrected chi connectivity index (χ4v) is 3.09. The standard InChI is InChI=1S/C18H22FN7O2/c1-21-17(27)13-2-3-14(16(19)23-13)26-8-6-25(7-9-26)11-12-4-5-22-15(10-12)24-18(20)28/h2-5,10H,6-9,11H2,1H3,(H,21,27)(H3,20,22,24,28). The van der Waals surface area contributed by atoms with Gasteiger partial charge in [-0.1, -0.05) is 0 Å². The molecule has 4 N–H and O–H groups in total. The zero-order valence-electron chi connectivity index (χ0n) is 15.5. The lowest BCUT2D eigenvalue weighted by Crippen LogP contribution is -2.46. The van der Waals surface area contributed by atoms with Gasteiger partial charge in [0, 0.05) is 46.0 Å². The summed E-state index contributed by atoms with van der Waals surface area (Å²) in [5, 5.41) is 4.89.